The molecule has 0 aliphatic heterocycles. The second-order valence-corrected chi connectivity index (χ2v) is 3.78. The van der Waals surface area contributed by atoms with Crippen LogP contribution in [0.5, 0.6) is 0 Å². The van der Waals surface area contributed by atoms with Gasteiger partial charge >= 0.3 is 0 Å². The first-order valence-electron chi connectivity index (χ1n) is 4.71. The summed E-state index contributed by atoms with van der Waals surface area (Å²) in [7, 11) is 1.95. The maximum atomic E-state index is 6.13. The quantitative estimate of drug-likeness (QED) is 0.798. The lowest BCUT2D eigenvalue weighted by atomic mass is 10.1. The molecule has 0 spiro atoms. The largest absolute Gasteiger partial charge is 0.360 e. The minimum Gasteiger partial charge on any atom is -0.360 e. The molecule has 74 valence electrons. The highest BCUT2D eigenvalue weighted by Crippen LogP contribution is 2.24. The summed E-state index contributed by atoms with van der Waals surface area (Å²) in [6.45, 7) is 0.978. The van der Waals surface area contributed by atoms with E-state index in [1.807, 2.05) is 25.4 Å². The average molecular weight is 209 g/mol. The van der Waals surface area contributed by atoms with Gasteiger partial charge in [-0.25, -0.2) is 0 Å². The molecule has 2 N–H and O–H groups in total. The Morgan fingerprint density at radius 2 is 2.29 bits per heavy atom. The minimum atomic E-state index is 0.804. The van der Waals surface area contributed by atoms with Gasteiger partial charge in [0.1, 0.15) is 0 Å². The van der Waals surface area contributed by atoms with Crippen molar-refractivity contribution in [3.8, 4) is 0 Å². The Hall–Kier alpha value is -0.990. The number of aromatic nitrogens is 1. The normalized spacial score (nSPS) is 11.0. The third-order valence-corrected chi connectivity index (χ3v) is 2.63. The molecule has 1 heterocycles. The predicted octanol–water partition coefficient (Wildman–Crippen LogP) is 2.58. The fourth-order valence-corrected chi connectivity index (χ4v) is 1.90. The van der Waals surface area contributed by atoms with E-state index in [1.165, 1.54) is 10.9 Å². The van der Waals surface area contributed by atoms with Crippen LogP contribution in [0.4, 0.5) is 0 Å². The van der Waals surface area contributed by atoms with Crippen LogP contribution in [0.2, 0.25) is 5.02 Å². The van der Waals surface area contributed by atoms with Crippen molar-refractivity contribution in [1.29, 1.82) is 0 Å². The number of likely N-dealkylation sites (N-methyl/N-ethyl adjacent to an activating group) is 1. The Bertz CT molecular complexity index is 434. The Balaban J connectivity index is 2.38. The number of H-pyrrole nitrogens is 1. The Morgan fingerprint density at radius 3 is 3.07 bits per heavy atom. The third-order valence-electron chi connectivity index (χ3n) is 2.33. The molecular weight excluding hydrogens is 196 g/mol. The predicted molar refractivity (Wildman–Crippen MR) is 60.9 cm³/mol. The van der Waals surface area contributed by atoms with Gasteiger partial charge in [0, 0.05) is 11.6 Å². The molecule has 2 nitrogen and oxygen atoms in total. The van der Waals surface area contributed by atoms with Crippen LogP contribution in [0.3, 0.4) is 0 Å². The number of hydrogen-bond donors (Lipinski definition) is 2. The zero-order valence-electron chi connectivity index (χ0n) is 8.10. The van der Waals surface area contributed by atoms with Crippen molar-refractivity contribution in [1.82, 2.24) is 10.3 Å². The Kier molecular flexibility index (Phi) is 2.75. The van der Waals surface area contributed by atoms with Crippen LogP contribution in [0, 0.1) is 0 Å². The first-order chi connectivity index (χ1) is 6.81. The van der Waals surface area contributed by atoms with Gasteiger partial charge in [-0.05, 0) is 43.8 Å². The fraction of sp³-hybridized carbons (Fsp3) is 0.273. The molecule has 0 unspecified atom stereocenters. The van der Waals surface area contributed by atoms with Crippen LogP contribution in [0.1, 0.15) is 5.56 Å². The van der Waals surface area contributed by atoms with Crippen LogP contribution < -0.4 is 5.32 Å². The second-order valence-electron chi connectivity index (χ2n) is 3.37. The SMILES string of the molecule is CNCCc1cc(Cl)c2[nH]ccc2c1. The summed E-state index contributed by atoms with van der Waals surface area (Å²) >= 11 is 6.13. The molecule has 1 aromatic heterocycles. The number of nitrogens with one attached hydrogen (secondary N) is 2. The second kappa shape index (κ2) is 4.03. The van der Waals surface area contributed by atoms with Crippen molar-refractivity contribution >= 4 is 22.5 Å². The summed E-state index contributed by atoms with van der Waals surface area (Å²) in [5, 5.41) is 5.11. The van der Waals surface area contributed by atoms with E-state index in [2.05, 4.69) is 16.4 Å². The lowest BCUT2D eigenvalue weighted by Crippen LogP contribution is -2.10. The van der Waals surface area contributed by atoms with Gasteiger partial charge in [-0.1, -0.05) is 11.6 Å². The summed E-state index contributed by atoms with van der Waals surface area (Å²) in [4.78, 5) is 3.12. The summed E-state index contributed by atoms with van der Waals surface area (Å²) in [5.74, 6) is 0. The first-order valence-corrected chi connectivity index (χ1v) is 5.09. The van der Waals surface area contributed by atoms with Crippen molar-refractivity contribution in [3.63, 3.8) is 0 Å². The molecule has 0 fully saturated rings. The number of benzene rings is 1. The monoisotopic (exact) mass is 208 g/mol. The molecule has 0 radical (unpaired) electrons. The van der Waals surface area contributed by atoms with Crippen LogP contribution in [-0.2, 0) is 6.42 Å². The van der Waals surface area contributed by atoms with Crippen LogP contribution in [-0.4, -0.2) is 18.6 Å². The molecule has 0 amide bonds. The van der Waals surface area contributed by atoms with Gasteiger partial charge < -0.3 is 10.3 Å². The zero-order chi connectivity index (χ0) is 9.97. The third kappa shape index (κ3) is 1.76. The molecule has 0 atom stereocenters. The van der Waals surface area contributed by atoms with E-state index in [4.69, 9.17) is 11.6 Å². The van der Waals surface area contributed by atoms with Gasteiger partial charge in [0.2, 0.25) is 0 Å². The number of rotatable bonds is 3. The topological polar surface area (TPSA) is 27.8 Å². The minimum absolute atomic E-state index is 0.804. The number of halogens is 1. The highest BCUT2D eigenvalue weighted by Gasteiger charge is 2.02. The van der Waals surface area contributed by atoms with Gasteiger partial charge in [-0.2, -0.15) is 0 Å². The van der Waals surface area contributed by atoms with Crippen molar-refractivity contribution in [2.24, 2.45) is 0 Å². The number of hydrogen-bond acceptors (Lipinski definition) is 1. The van der Waals surface area contributed by atoms with E-state index in [1.54, 1.807) is 0 Å². The lowest BCUT2D eigenvalue weighted by molar-refractivity contribution is 0.792. The summed E-state index contributed by atoms with van der Waals surface area (Å²) in [6.07, 6.45) is 2.93. The molecule has 0 bridgehead atoms. The van der Waals surface area contributed by atoms with Crippen molar-refractivity contribution < 1.29 is 0 Å². The van der Waals surface area contributed by atoms with Crippen molar-refractivity contribution in [2.75, 3.05) is 13.6 Å². The Labute approximate surface area is 88.3 Å². The highest BCUT2D eigenvalue weighted by molar-refractivity contribution is 6.35. The van der Waals surface area contributed by atoms with Gasteiger partial charge in [0.05, 0.1) is 10.5 Å². The van der Waals surface area contributed by atoms with Gasteiger partial charge in [-0.3, -0.25) is 0 Å². The maximum Gasteiger partial charge on any atom is 0.0649 e. The molecule has 2 rings (SSSR count). The van der Waals surface area contributed by atoms with E-state index >= 15 is 0 Å². The van der Waals surface area contributed by atoms with Crippen LogP contribution >= 0.6 is 11.6 Å². The molecule has 3 heteroatoms. The lowest BCUT2D eigenvalue weighted by Gasteiger charge is -2.02. The molecular formula is C11H13ClN2. The smallest absolute Gasteiger partial charge is 0.0649 e. The number of fused-ring (bicyclic) bond motifs is 1. The van der Waals surface area contributed by atoms with E-state index < -0.39 is 0 Å². The van der Waals surface area contributed by atoms with E-state index in [-0.39, 0.29) is 0 Å². The van der Waals surface area contributed by atoms with Gasteiger partial charge in [0.15, 0.2) is 0 Å². The molecule has 0 aliphatic rings. The number of aromatic amines is 1. The Morgan fingerprint density at radius 1 is 1.43 bits per heavy atom. The molecule has 0 saturated carbocycles. The zero-order valence-corrected chi connectivity index (χ0v) is 8.86. The standard InChI is InChI=1S/C11H13ClN2/c1-13-4-2-8-6-9-3-5-14-11(9)10(12)7-8/h3,5-7,13-14H,2,4H2,1H3. The molecule has 2 aromatic rings. The summed E-state index contributed by atoms with van der Waals surface area (Å²) in [6, 6.07) is 6.25. The van der Waals surface area contributed by atoms with Gasteiger partial charge in [-0.15, -0.1) is 0 Å². The van der Waals surface area contributed by atoms with E-state index in [0.717, 1.165) is 23.5 Å². The maximum absolute atomic E-state index is 6.13. The molecule has 14 heavy (non-hydrogen) atoms. The van der Waals surface area contributed by atoms with Gasteiger partial charge in [0.25, 0.3) is 0 Å². The molecule has 0 aliphatic carbocycles. The first kappa shape index (κ1) is 9.56. The van der Waals surface area contributed by atoms with Crippen molar-refractivity contribution in [2.45, 2.75) is 6.42 Å². The molecule has 0 saturated heterocycles. The average Bonchev–Trinajstić information content (AvgIpc) is 2.63. The highest BCUT2D eigenvalue weighted by atomic mass is 35.5. The summed E-state index contributed by atoms with van der Waals surface area (Å²) in [5.41, 5.74) is 2.30. The summed E-state index contributed by atoms with van der Waals surface area (Å²) < 4.78 is 0. The van der Waals surface area contributed by atoms with E-state index in [0.29, 0.717) is 0 Å². The van der Waals surface area contributed by atoms with Crippen LogP contribution in [0.25, 0.3) is 10.9 Å². The van der Waals surface area contributed by atoms with Crippen molar-refractivity contribution in [3.05, 3.63) is 35.0 Å². The van der Waals surface area contributed by atoms with E-state index in [9.17, 15) is 0 Å². The fourth-order valence-electron chi connectivity index (χ4n) is 1.60. The van der Waals surface area contributed by atoms with Crippen LogP contribution in [0.15, 0.2) is 24.4 Å². The molecule has 1 aromatic carbocycles.